The molecule has 0 fully saturated rings. The highest BCUT2D eigenvalue weighted by Gasteiger charge is 2.17. The summed E-state index contributed by atoms with van der Waals surface area (Å²) in [5.41, 5.74) is 1.47. The number of benzene rings is 3. The maximum absolute atomic E-state index is 13.6. The minimum atomic E-state index is -0.458. The van der Waals surface area contributed by atoms with Crippen LogP contribution in [-0.2, 0) is 4.79 Å². The van der Waals surface area contributed by atoms with Crippen LogP contribution in [0.4, 0.5) is 10.1 Å². The van der Waals surface area contributed by atoms with Gasteiger partial charge < -0.3 is 19.9 Å². The van der Waals surface area contributed by atoms with Crippen LogP contribution < -0.4 is 20.3 Å². The first-order valence-electron chi connectivity index (χ1n) is 10.5. The Morgan fingerprint density at radius 2 is 1.86 bits per heavy atom. The third-order valence-electron chi connectivity index (χ3n) is 5.25. The molecular weight excluding hydrogens is 473 g/mol. The maximum atomic E-state index is 13.6. The molecule has 4 rings (SSSR count). The fourth-order valence-electron chi connectivity index (χ4n) is 3.49. The number of aryl methyl sites for hydroxylation is 1. The number of nitrogens with one attached hydrogen (secondary N) is 1. The Hall–Kier alpha value is -4.05. The number of carbonyl (C=O) groups excluding carboxylic acids is 1. The second-order valence-corrected chi connectivity index (χ2v) is 8.51. The molecule has 10 heteroatoms. The van der Waals surface area contributed by atoms with Crippen LogP contribution >= 0.6 is 11.8 Å². The number of methoxy groups -OCH3 is 2. The number of hydrogen-bond donors (Lipinski definition) is 2. The normalized spacial score (nSPS) is 10.9. The minimum Gasteiger partial charge on any atom is -0.508 e. The summed E-state index contributed by atoms with van der Waals surface area (Å²) < 4.78 is 25.6. The minimum absolute atomic E-state index is 0.0690. The van der Waals surface area contributed by atoms with Crippen LogP contribution in [0.1, 0.15) is 5.56 Å². The second-order valence-electron chi connectivity index (χ2n) is 7.57. The van der Waals surface area contributed by atoms with Crippen LogP contribution in [0.2, 0.25) is 0 Å². The smallest absolute Gasteiger partial charge is 0.266 e. The number of halogens is 1. The third-order valence-corrected chi connectivity index (χ3v) is 6.19. The maximum Gasteiger partial charge on any atom is 0.266 e. The number of anilines is 1. The number of carbonyl (C=O) groups is 1. The van der Waals surface area contributed by atoms with Crippen molar-refractivity contribution in [1.29, 1.82) is 0 Å². The molecule has 35 heavy (non-hydrogen) atoms. The molecule has 8 nitrogen and oxygen atoms in total. The summed E-state index contributed by atoms with van der Waals surface area (Å²) >= 11 is 1.05. The van der Waals surface area contributed by atoms with Crippen molar-refractivity contribution in [2.45, 2.75) is 12.1 Å². The molecule has 4 aromatic rings. The number of nitrogens with zero attached hydrogens (tertiary/aromatic N) is 2. The standard InChI is InChI=1S/C25H22FN3O5S/c1-14-4-5-15(26)10-20(14)27-23(31)13-35-25-28-19-8-7-17(30)12-18(19)24(32)29(25)16-6-9-21(33-2)22(11-16)34-3/h4-12,30H,13H2,1-3H3,(H,27,31). The lowest BCUT2D eigenvalue weighted by Crippen LogP contribution is -2.23. The second kappa shape index (κ2) is 10.1. The number of aromatic hydroxyl groups is 1. The van der Waals surface area contributed by atoms with Gasteiger partial charge in [-0.2, -0.15) is 0 Å². The van der Waals surface area contributed by atoms with E-state index in [0.29, 0.717) is 28.4 Å². The number of phenols is 1. The number of rotatable bonds is 7. The molecule has 0 radical (unpaired) electrons. The van der Waals surface area contributed by atoms with Crippen molar-refractivity contribution in [1.82, 2.24) is 9.55 Å². The van der Waals surface area contributed by atoms with Crippen molar-refractivity contribution in [3.63, 3.8) is 0 Å². The van der Waals surface area contributed by atoms with Gasteiger partial charge in [0, 0.05) is 11.8 Å². The van der Waals surface area contributed by atoms with Crippen molar-refractivity contribution in [3.8, 4) is 22.9 Å². The van der Waals surface area contributed by atoms with Gasteiger partial charge >= 0.3 is 0 Å². The molecular formula is C25H22FN3O5S. The molecule has 0 saturated heterocycles. The number of ether oxygens (including phenoxy) is 2. The molecule has 1 heterocycles. The van der Waals surface area contributed by atoms with Gasteiger partial charge in [-0.3, -0.25) is 14.2 Å². The van der Waals surface area contributed by atoms with E-state index in [-0.39, 0.29) is 28.0 Å². The highest BCUT2D eigenvalue weighted by Crippen LogP contribution is 2.31. The molecule has 3 aromatic carbocycles. The van der Waals surface area contributed by atoms with Gasteiger partial charge in [0.05, 0.1) is 36.6 Å². The van der Waals surface area contributed by atoms with Gasteiger partial charge in [-0.05, 0) is 55.0 Å². The van der Waals surface area contributed by atoms with Crippen LogP contribution in [0.15, 0.2) is 64.5 Å². The lowest BCUT2D eigenvalue weighted by atomic mass is 10.2. The largest absolute Gasteiger partial charge is 0.508 e. The fourth-order valence-corrected chi connectivity index (χ4v) is 4.30. The van der Waals surface area contributed by atoms with E-state index in [1.165, 1.54) is 49.1 Å². The summed E-state index contributed by atoms with van der Waals surface area (Å²) in [5, 5.41) is 13.1. The summed E-state index contributed by atoms with van der Waals surface area (Å²) in [4.78, 5) is 30.7. The molecule has 0 spiro atoms. The number of amides is 1. The van der Waals surface area contributed by atoms with E-state index in [9.17, 15) is 19.1 Å². The van der Waals surface area contributed by atoms with E-state index in [0.717, 1.165) is 17.3 Å². The van der Waals surface area contributed by atoms with Gasteiger partial charge in [0.15, 0.2) is 16.7 Å². The first kappa shape index (κ1) is 24.1. The van der Waals surface area contributed by atoms with E-state index in [1.807, 2.05) is 0 Å². The molecule has 2 N–H and O–H groups in total. The van der Waals surface area contributed by atoms with E-state index in [1.54, 1.807) is 31.2 Å². The van der Waals surface area contributed by atoms with E-state index in [2.05, 4.69) is 10.3 Å². The highest BCUT2D eigenvalue weighted by atomic mass is 32.2. The molecule has 1 aromatic heterocycles. The van der Waals surface area contributed by atoms with Crippen molar-refractivity contribution in [3.05, 3.63) is 76.3 Å². The Kier molecular flexibility index (Phi) is 6.92. The monoisotopic (exact) mass is 495 g/mol. The third kappa shape index (κ3) is 5.07. The highest BCUT2D eigenvalue weighted by molar-refractivity contribution is 7.99. The molecule has 0 saturated carbocycles. The van der Waals surface area contributed by atoms with Crippen LogP contribution in [0.25, 0.3) is 16.6 Å². The van der Waals surface area contributed by atoms with Crippen molar-refractivity contribution in [2.75, 3.05) is 25.3 Å². The lowest BCUT2D eigenvalue weighted by molar-refractivity contribution is -0.113. The molecule has 0 aliphatic rings. The van der Waals surface area contributed by atoms with E-state index >= 15 is 0 Å². The molecule has 1 amide bonds. The Labute approximate surface area is 204 Å². The van der Waals surface area contributed by atoms with Crippen LogP contribution in [0.5, 0.6) is 17.2 Å². The average Bonchev–Trinajstić information content (AvgIpc) is 2.85. The quantitative estimate of drug-likeness (QED) is 0.291. The van der Waals surface area contributed by atoms with Gasteiger partial charge in [-0.25, -0.2) is 9.37 Å². The Balaban J connectivity index is 1.74. The number of hydrogen-bond acceptors (Lipinski definition) is 7. The van der Waals surface area contributed by atoms with Gasteiger partial charge in [-0.15, -0.1) is 0 Å². The molecule has 0 unspecified atom stereocenters. The average molecular weight is 496 g/mol. The summed E-state index contributed by atoms with van der Waals surface area (Å²) in [6, 6.07) is 13.4. The number of fused-ring (bicyclic) bond motifs is 1. The Bertz CT molecular complexity index is 1490. The van der Waals surface area contributed by atoms with Crippen molar-refractivity contribution >= 4 is 34.3 Å². The summed E-state index contributed by atoms with van der Waals surface area (Å²) in [6.45, 7) is 1.76. The first-order chi connectivity index (χ1) is 16.8. The van der Waals surface area contributed by atoms with Gasteiger partial charge in [0.2, 0.25) is 5.91 Å². The molecule has 0 aliphatic heterocycles. The van der Waals surface area contributed by atoms with Crippen LogP contribution in [0, 0.1) is 12.7 Å². The summed E-state index contributed by atoms with van der Waals surface area (Å²) in [7, 11) is 2.99. The molecule has 0 bridgehead atoms. The molecule has 0 aliphatic carbocycles. The van der Waals surface area contributed by atoms with E-state index < -0.39 is 11.4 Å². The summed E-state index contributed by atoms with van der Waals surface area (Å²) in [5.74, 6) is -0.111. The number of phenolic OH excluding ortho intramolecular Hbond substituents is 1. The van der Waals surface area contributed by atoms with Crippen molar-refractivity contribution < 1.29 is 23.8 Å². The zero-order chi connectivity index (χ0) is 25.1. The SMILES string of the molecule is COc1ccc(-n2c(SCC(=O)Nc3cc(F)ccc3C)nc3ccc(O)cc3c2=O)cc1OC. The van der Waals surface area contributed by atoms with Gasteiger partial charge in [-0.1, -0.05) is 17.8 Å². The predicted octanol–water partition coefficient (Wildman–Crippen LogP) is 4.29. The first-order valence-corrected chi connectivity index (χ1v) is 11.5. The number of aromatic nitrogens is 2. The predicted molar refractivity (Wildman–Crippen MR) is 133 cm³/mol. The van der Waals surface area contributed by atoms with Crippen LogP contribution in [-0.4, -0.2) is 40.5 Å². The lowest BCUT2D eigenvalue weighted by Gasteiger charge is -2.15. The topological polar surface area (TPSA) is 103 Å². The fraction of sp³-hybridized carbons (Fsp3) is 0.160. The van der Waals surface area contributed by atoms with Gasteiger partial charge in [0.1, 0.15) is 11.6 Å². The molecule has 0 atom stereocenters. The summed E-state index contributed by atoms with van der Waals surface area (Å²) in [6.07, 6.45) is 0. The Morgan fingerprint density at radius 1 is 1.09 bits per heavy atom. The van der Waals surface area contributed by atoms with Crippen molar-refractivity contribution in [2.24, 2.45) is 0 Å². The molecule has 180 valence electrons. The van der Waals surface area contributed by atoms with Gasteiger partial charge in [0.25, 0.3) is 5.56 Å². The van der Waals surface area contributed by atoms with Crippen LogP contribution in [0.3, 0.4) is 0 Å². The zero-order valence-electron chi connectivity index (χ0n) is 19.2. The zero-order valence-corrected chi connectivity index (χ0v) is 20.0. The Morgan fingerprint density at radius 3 is 2.60 bits per heavy atom. The number of thioether (sulfide) groups is 1. The van der Waals surface area contributed by atoms with E-state index in [4.69, 9.17) is 9.47 Å².